The molecule has 4 nitrogen and oxygen atoms in total. The summed E-state index contributed by atoms with van der Waals surface area (Å²) >= 11 is 0. The zero-order valence-corrected chi connectivity index (χ0v) is 17.0. The van der Waals surface area contributed by atoms with Crippen LogP contribution in [0.5, 0.6) is 0 Å². The Balaban J connectivity index is 2.04. The second-order valence-electron chi connectivity index (χ2n) is 8.52. The van der Waals surface area contributed by atoms with Crippen molar-refractivity contribution in [3.63, 3.8) is 0 Å². The summed E-state index contributed by atoms with van der Waals surface area (Å²) < 4.78 is 15.0. The quantitative estimate of drug-likeness (QED) is 0.747. The van der Waals surface area contributed by atoms with Crippen LogP contribution < -0.4 is 10.2 Å². The number of hydrogen-bond acceptors (Lipinski definition) is 3. The van der Waals surface area contributed by atoms with E-state index in [1.165, 1.54) is 6.07 Å². The molecule has 0 saturated heterocycles. The van der Waals surface area contributed by atoms with E-state index in [2.05, 4.69) is 19.2 Å². The van der Waals surface area contributed by atoms with Crippen LogP contribution in [0, 0.1) is 11.2 Å². The maximum Gasteiger partial charge on any atom is 0.227 e. The highest BCUT2D eigenvalue weighted by Gasteiger charge is 2.43. The molecule has 1 aliphatic heterocycles. The predicted molar refractivity (Wildman–Crippen MR) is 112 cm³/mol. The van der Waals surface area contributed by atoms with E-state index in [1.54, 1.807) is 30.0 Å². The van der Waals surface area contributed by atoms with Gasteiger partial charge in [0.2, 0.25) is 5.91 Å². The molecule has 2 aromatic rings. The molecule has 0 fully saturated rings. The first-order valence-corrected chi connectivity index (χ1v) is 10.0. The van der Waals surface area contributed by atoms with Gasteiger partial charge in [-0.3, -0.25) is 14.5 Å². The molecule has 1 unspecified atom stereocenters. The van der Waals surface area contributed by atoms with E-state index < -0.39 is 11.9 Å². The lowest BCUT2D eigenvalue weighted by Gasteiger charge is -2.37. The van der Waals surface area contributed by atoms with Gasteiger partial charge < -0.3 is 5.32 Å². The molecule has 1 atom stereocenters. The number of nitrogens with one attached hydrogen (secondary N) is 1. The molecule has 0 radical (unpaired) electrons. The number of anilines is 2. The third-order valence-corrected chi connectivity index (χ3v) is 5.67. The van der Waals surface area contributed by atoms with Gasteiger partial charge in [-0.25, -0.2) is 4.39 Å². The van der Waals surface area contributed by atoms with Crippen LogP contribution in [0.15, 0.2) is 59.8 Å². The van der Waals surface area contributed by atoms with E-state index in [4.69, 9.17) is 0 Å². The monoisotopic (exact) mass is 392 g/mol. The summed E-state index contributed by atoms with van der Waals surface area (Å²) in [6, 6.07) is 13.1. The number of hydrogen-bond donors (Lipinski definition) is 1. The van der Waals surface area contributed by atoms with E-state index in [-0.39, 0.29) is 23.5 Å². The van der Waals surface area contributed by atoms with Crippen LogP contribution in [0.4, 0.5) is 15.8 Å². The van der Waals surface area contributed by atoms with E-state index in [9.17, 15) is 14.0 Å². The molecule has 1 heterocycles. The summed E-state index contributed by atoms with van der Waals surface area (Å²) in [6.45, 7) is 5.89. The predicted octanol–water partition coefficient (Wildman–Crippen LogP) is 5.38. The van der Waals surface area contributed by atoms with Crippen molar-refractivity contribution < 1.29 is 14.0 Å². The Kier molecular flexibility index (Phi) is 4.77. The van der Waals surface area contributed by atoms with Crippen LogP contribution in [-0.4, -0.2) is 11.7 Å². The highest BCUT2D eigenvalue weighted by molar-refractivity contribution is 6.06. The molecule has 0 saturated carbocycles. The van der Waals surface area contributed by atoms with E-state index in [0.717, 1.165) is 11.4 Å². The van der Waals surface area contributed by atoms with E-state index >= 15 is 0 Å². The topological polar surface area (TPSA) is 49.4 Å². The number of nitrogens with zero attached hydrogens (tertiary/aromatic N) is 1. The van der Waals surface area contributed by atoms with Crippen molar-refractivity contribution in [2.75, 3.05) is 10.2 Å². The highest BCUT2D eigenvalue weighted by Crippen LogP contribution is 2.48. The van der Waals surface area contributed by atoms with Gasteiger partial charge in [0.05, 0.1) is 17.4 Å². The minimum absolute atomic E-state index is 0.0429. The zero-order chi connectivity index (χ0) is 20.8. The van der Waals surface area contributed by atoms with Gasteiger partial charge in [0.1, 0.15) is 5.82 Å². The molecule has 2 aromatic carbocycles. The molecule has 4 rings (SSSR count). The summed E-state index contributed by atoms with van der Waals surface area (Å²) in [4.78, 5) is 28.1. The lowest BCUT2D eigenvalue weighted by atomic mass is 9.73. The normalized spacial score (nSPS) is 20.5. The lowest BCUT2D eigenvalue weighted by Crippen LogP contribution is -2.39. The van der Waals surface area contributed by atoms with Crippen molar-refractivity contribution in [3.8, 4) is 0 Å². The molecule has 2 aliphatic rings. The molecule has 0 aromatic heterocycles. The number of halogens is 1. The summed E-state index contributed by atoms with van der Waals surface area (Å²) in [5.74, 6) is -0.618. The van der Waals surface area contributed by atoms with Gasteiger partial charge in [-0.05, 0) is 30.0 Å². The fraction of sp³-hybridized carbons (Fsp3) is 0.333. The van der Waals surface area contributed by atoms with Crippen LogP contribution >= 0.6 is 0 Å². The standard InChI is InChI=1S/C24H25FN2O2/c1-4-21(29)27-19-12-8-7-11-17(19)26-18-13-24(2,3)14-20(28)22(18)23(27)15-9-5-6-10-16(15)25/h5-12,23,26H,4,13-14H2,1-3H3. The fourth-order valence-corrected chi connectivity index (χ4v) is 4.42. The van der Waals surface area contributed by atoms with Crippen molar-refractivity contribution in [3.05, 3.63) is 71.2 Å². The average Bonchev–Trinajstić information content (AvgIpc) is 2.81. The molecular formula is C24H25FN2O2. The molecular weight excluding hydrogens is 367 g/mol. The first-order chi connectivity index (χ1) is 13.8. The van der Waals surface area contributed by atoms with Crippen LogP contribution in [-0.2, 0) is 9.59 Å². The van der Waals surface area contributed by atoms with Gasteiger partial charge in [-0.2, -0.15) is 0 Å². The number of carbonyl (C=O) groups is 2. The molecule has 0 bridgehead atoms. The summed E-state index contributed by atoms with van der Waals surface area (Å²) in [7, 11) is 0. The third-order valence-electron chi connectivity index (χ3n) is 5.67. The molecule has 1 amide bonds. The SMILES string of the molecule is CCC(=O)N1c2ccccc2NC2=C(C(=O)CC(C)(C)C2)C1c1ccccc1F. The van der Waals surface area contributed by atoms with Crippen LogP contribution in [0.3, 0.4) is 0 Å². The number of fused-ring (bicyclic) bond motifs is 1. The number of para-hydroxylation sites is 2. The Morgan fingerprint density at radius 3 is 2.55 bits per heavy atom. The van der Waals surface area contributed by atoms with Crippen molar-refractivity contribution in [2.24, 2.45) is 5.41 Å². The Labute approximate surface area is 170 Å². The number of ketones is 1. The molecule has 1 aliphatic carbocycles. The van der Waals surface area contributed by atoms with Gasteiger partial charge in [-0.15, -0.1) is 0 Å². The summed E-state index contributed by atoms with van der Waals surface area (Å²) in [5.41, 5.74) is 2.82. The number of allylic oxidation sites excluding steroid dienone is 1. The van der Waals surface area contributed by atoms with E-state index in [1.807, 2.05) is 24.3 Å². The fourth-order valence-electron chi connectivity index (χ4n) is 4.42. The first-order valence-electron chi connectivity index (χ1n) is 10.0. The molecule has 5 heteroatoms. The maximum absolute atomic E-state index is 15.0. The Bertz CT molecular complexity index is 1030. The van der Waals surface area contributed by atoms with Gasteiger partial charge >= 0.3 is 0 Å². The van der Waals surface area contributed by atoms with Crippen LogP contribution in [0.1, 0.15) is 51.6 Å². The van der Waals surface area contributed by atoms with Crippen molar-refractivity contribution >= 4 is 23.1 Å². The third kappa shape index (κ3) is 3.35. The van der Waals surface area contributed by atoms with Gasteiger partial charge in [0.15, 0.2) is 5.78 Å². The first kappa shape index (κ1) is 19.4. The largest absolute Gasteiger partial charge is 0.357 e. The number of amides is 1. The second-order valence-corrected chi connectivity index (χ2v) is 8.52. The minimum Gasteiger partial charge on any atom is -0.357 e. The number of rotatable bonds is 2. The van der Waals surface area contributed by atoms with Crippen molar-refractivity contribution in [1.29, 1.82) is 0 Å². The van der Waals surface area contributed by atoms with Crippen molar-refractivity contribution in [2.45, 2.75) is 46.1 Å². The smallest absolute Gasteiger partial charge is 0.227 e. The maximum atomic E-state index is 15.0. The molecule has 0 spiro atoms. The Hall–Kier alpha value is -2.95. The highest BCUT2D eigenvalue weighted by atomic mass is 19.1. The minimum atomic E-state index is -0.793. The Morgan fingerprint density at radius 2 is 1.83 bits per heavy atom. The van der Waals surface area contributed by atoms with Gasteiger partial charge in [-0.1, -0.05) is 51.1 Å². The summed E-state index contributed by atoms with van der Waals surface area (Å²) in [6.07, 6.45) is 1.27. The summed E-state index contributed by atoms with van der Waals surface area (Å²) in [5, 5.41) is 3.42. The van der Waals surface area contributed by atoms with Gasteiger partial charge in [0.25, 0.3) is 0 Å². The van der Waals surface area contributed by atoms with Crippen LogP contribution in [0.2, 0.25) is 0 Å². The lowest BCUT2D eigenvalue weighted by molar-refractivity contribution is -0.119. The van der Waals surface area contributed by atoms with Crippen LogP contribution in [0.25, 0.3) is 0 Å². The molecule has 1 N–H and O–H groups in total. The number of Topliss-reactive ketones (excluding diaryl/α,β-unsaturated/α-hetero) is 1. The molecule has 29 heavy (non-hydrogen) atoms. The Morgan fingerprint density at radius 1 is 1.14 bits per heavy atom. The number of carbonyl (C=O) groups excluding carboxylic acids is 2. The average molecular weight is 392 g/mol. The molecule has 150 valence electrons. The zero-order valence-electron chi connectivity index (χ0n) is 17.0. The van der Waals surface area contributed by atoms with Gasteiger partial charge in [0, 0.05) is 29.7 Å². The van der Waals surface area contributed by atoms with Crippen molar-refractivity contribution in [1.82, 2.24) is 0 Å². The van der Waals surface area contributed by atoms with E-state index in [0.29, 0.717) is 29.7 Å². The second kappa shape index (κ2) is 7.14. The number of benzene rings is 2.